The van der Waals surface area contributed by atoms with Gasteiger partial charge in [0.05, 0.1) is 0 Å². The summed E-state index contributed by atoms with van der Waals surface area (Å²) in [5.74, 6) is 0.381. The van der Waals surface area contributed by atoms with E-state index in [0.29, 0.717) is 5.92 Å². The number of aryl methyl sites for hydroxylation is 2. The third-order valence-electron chi connectivity index (χ3n) is 4.80. The molecule has 120 valence electrons. The second-order valence-electron chi connectivity index (χ2n) is 6.86. The van der Waals surface area contributed by atoms with Crippen LogP contribution in [0.4, 0.5) is 0 Å². The lowest BCUT2D eigenvalue weighted by molar-refractivity contribution is 0.402. The molecule has 1 fully saturated rings. The Bertz CT molecular complexity index is 735. The molecule has 0 aliphatic heterocycles. The Labute approximate surface area is 131 Å². The van der Waals surface area contributed by atoms with Gasteiger partial charge in [-0.05, 0) is 46.7 Å². The maximum Gasteiger partial charge on any atom is 0.276 e. The number of nitrogens with one attached hydrogen (secondary N) is 1. The van der Waals surface area contributed by atoms with E-state index in [-0.39, 0.29) is 5.56 Å². The van der Waals surface area contributed by atoms with Crippen LogP contribution in [-0.4, -0.2) is 33.6 Å². The van der Waals surface area contributed by atoms with E-state index in [9.17, 15) is 4.79 Å². The van der Waals surface area contributed by atoms with Gasteiger partial charge in [-0.1, -0.05) is 19.3 Å². The molecular formula is C17H26N4O. The van der Waals surface area contributed by atoms with Crippen LogP contribution >= 0.6 is 0 Å². The van der Waals surface area contributed by atoms with Gasteiger partial charge in [0.1, 0.15) is 0 Å². The first-order valence-electron chi connectivity index (χ1n) is 8.24. The fraction of sp³-hybridized carbons (Fsp3) is 0.647. The Morgan fingerprint density at radius 2 is 1.91 bits per heavy atom. The van der Waals surface area contributed by atoms with Gasteiger partial charge < -0.3 is 4.90 Å². The molecule has 0 unspecified atom stereocenters. The Balaban J connectivity index is 2.15. The molecule has 5 nitrogen and oxygen atoms in total. The number of rotatable bonds is 3. The third kappa shape index (κ3) is 2.58. The zero-order chi connectivity index (χ0) is 15.9. The van der Waals surface area contributed by atoms with Crippen molar-refractivity contribution in [2.45, 2.75) is 58.4 Å². The quantitative estimate of drug-likeness (QED) is 0.948. The summed E-state index contributed by atoms with van der Waals surface area (Å²) in [6, 6.07) is 0. The zero-order valence-corrected chi connectivity index (χ0v) is 14.1. The van der Waals surface area contributed by atoms with Crippen LogP contribution in [0.5, 0.6) is 0 Å². The lowest BCUT2D eigenvalue weighted by atomic mass is 9.84. The predicted octanol–water partition coefficient (Wildman–Crippen LogP) is 2.75. The first kappa shape index (κ1) is 15.3. The van der Waals surface area contributed by atoms with Gasteiger partial charge >= 0.3 is 0 Å². The van der Waals surface area contributed by atoms with Gasteiger partial charge in [0, 0.05) is 29.1 Å². The highest BCUT2D eigenvalue weighted by Crippen LogP contribution is 2.32. The minimum atomic E-state index is 0.0995. The maximum atomic E-state index is 13.0. The molecule has 2 aromatic rings. The standard InChI is InChI=1S/C17H26N4O/c1-11-14(10-20(3)4)16-18-12(2)15(17(22)21(16)19-11)13-8-6-5-7-9-13/h13,19H,5-10H2,1-4H3. The van der Waals surface area contributed by atoms with Crippen LogP contribution in [0.3, 0.4) is 0 Å². The molecule has 0 amide bonds. The first-order chi connectivity index (χ1) is 10.5. The van der Waals surface area contributed by atoms with Gasteiger partial charge in [-0.25, -0.2) is 9.50 Å². The number of H-pyrrole nitrogens is 1. The fourth-order valence-corrected chi connectivity index (χ4v) is 3.72. The average molecular weight is 302 g/mol. The van der Waals surface area contributed by atoms with Crippen LogP contribution in [0, 0.1) is 13.8 Å². The van der Waals surface area contributed by atoms with Gasteiger partial charge in [0.2, 0.25) is 0 Å². The number of hydrogen-bond donors (Lipinski definition) is 1. The number of aromatic nitrogens is 3. The van der Waals surface area contributed by atoms with Crippen molar-refractivity contribution in [1.82, 2.24) is 19.5 Å². The lowest BCUT2D eigenvalue weighted by Gasteiger charge is -2.22. The highest BCUT2D eigenvalue weighted by atomic mass is 16.1. The highest BCUT2D eigenvalue weighted by Gasteiger charge is 2.24. The molecule has 22 heavy (non-hydrogen) atoms. The van der Waals surface area contributed by atoms with E-state index < -0.39 is 0 Å². The Morgan fingerprint density at radius 1 is 1.23 bits per heavy atom. The van der Waals surface area contributed by atoms with Gasteiger partial charge in [-0.2, -0.15) is 0 Å². The van der Waals surface area contributed by atoms with E-state index in [4.69, 9.17) is 4.98 Å². The summed E-state index contributed by atoms with van der Waals surface area (Å²) in [7, 11) is 4.06. The summed E-state index contributed by atoms with van der Waals surface area (Å²) >= 11 is 0. The van der Waals surface area contributed by atoms with Crippen molar-refractivity contribution in [2.24, 2.45) is 0 Å². The van der Waals surface area contributed by atoms with Gasteiger partial charge in [-0.15, -0.1) is 0 Å². The first-order valence-corrected chi connectivity index (χ1v) is 8.24. The number of nitrogens with zero attached hydrogens (tertiary/aromatic N) is 3. The van der Waals surface area contributed by atoms with Crippen LogP contribution in [0.25, 0.3) is 5.65 Å². The molecule has 2 heterocycles. The molecule has 5 heteroatoms. The van der Waals surface area contributed by atoms with Crippen LogP contribution in [-0.2, 0) is 6.54 Å². The molecule has 0 bridgehead atoms. The molecule has 2 aromatic heterocycles. The van der Waals surface area contributed by atoms with E-state index in [1.165, 1.54) is 19.3 Å². The fourth-order valence-electron chi connectivity index (χ4n) is 3.72. The molecule has 1 aliphatic carbocycles. The summed E-state index contributed by atoms with van der Waals surface area (Å²) < 4.78 is 1.66. The summed E-state index contributed by atoms with van der Waals surface area (Å²) in [4.78, 5) is 19.9. The predicted molar refractivity (Wildman–Crippen MR) is 88.5 cm³/mol. The van der Waals surface area contributed by atoms with Crippen molar-refractivity contribution in [2.75, 3.05) is 14.1 Å². The molecular weight excluding hydrogens is 276 g/mol. The molecule has 1 N–H and O–H groups in total. The van der Waals surface area contributed by atoms with E-state index in [1.807, 2.05) is 27.9 Å². The van der Waals surface area contributed by atoms with Crippen LogP contribution in [0.1, 0.15) is 60.5 Å². The second-order valence-corrected chi connectivity index (χ2v) is 6.86. The maximum absolute atomic E-state index is 13.0. The van der Waals surface area contributed by atoms with Gasteiger partial charge in [0.15, 0.2) is 5.65 Å². The minimum absolute atomic E-state index is 0.0995. The zero-order valence-electron chi connectivity index (χ0n) is 14.1. The van der Waals surface area contributed by atoms with Gasteiger partial charge in [0.25, 0.3) is 5.56 Å². The SMILES string of the molecule is Cc1nc2c(CN(C)C)c(C)[nH]n2c(=O)c1C1CCCCC1. The molecule has 1 aliphatic rings. The Morgan fingerprint density at radius 3 is 2.55 bits per heavy atom. The number of aromatic amines is 1. The lowest BCUT2D eigenvalue weighted by Crippen LogP contribution is -2.25. The summed E-state index contributed by atoms with van der Waals surface area (Å²) in [5.41, 5.74) is 4.86. The summed E-state index contributed by atoms with van der Waals surface area (Å²) in [5, 5.41) is 3.22. The van der Waals surface area contributed by atoms with Crippen molar-refractivity contribution in [1.29, 1.82) is 0 Å². The highest BCUT2D eigenvalue weighted by molar-refractivity contribution is 5.51. The minimum Gasteiger partial charge on any atom is -0.305 e. The van der Waals surface area contributed by atoms with E-state index >= 15 is 0 Å². The molecule has 0 saturated heterocycles. The molecule has 1 saturated carbocycles. The third-order valence-corrected chi connectivity index (χ3v) is 4.80. The number of fused-ring (bicyclic) bond motifs is 1. The molecule has 0 spiro atoms. The van der Waals surface area contributed by atoms with Gasteiger partial charge in [-0.3, -0.25) is 9.89 Å². The van der Waals surface area contributed by atoms with Crippen LogP contribution in [0.15, 0.2) is 4.79 Å². The van der Waals surface area contributed by atoms with Crippen molar-refractivity contribution < 1.29 is 0 Å². The molecule has 0 atom stereocenters. The normalized spacial score (nSPS) is 16.8. The average Bonchev–Trinajstić information content (AvgIpc) is 2.77. The van der Waals surface area contributed by atoms with Crippen molar-refractivity contribution in [3.8, 4) is 0 Å². The molecule has 0 radical (unpaired) electrons. The van der Waals surface area contributed by atoms with Crippen molar-refractivity contribution in [3.05, 3.63) is 32.9 Å². The molecule has 0 aromatic carbocycles. The monoisotopic (exact) mass is 302 g/mol. The van der Waals surface area contributed by atoms with Crippen LogP contribution < -0.4 is 5.56 Å². The van der Waals surface area contributed by atoms with Crippen molar-refractivity contribution in [3.63, 3.8) is 0 Å². The van der Waals surface area contributed by atoms with E-state index in [1.54, 1.807) is 4.52 Å². The molecule has 3 rings (SSSR count). The summed E-state index contributed by atoms with van der Waals surface area (Å²) in [6.45, 7) is 4.79. The Kier molecular flexibility index (Phi) is 4.08. The smallest absolute Gasteiger partial charge is 0.276 e. The Hall–Kier alpha value is -1.62. The second kappa shape index (κ2) is 5.88. The van der Waals surface area contributed by atoms with Crippen molar-refractivity contribution >= 4 is 5.65 Å². The van der Waals surface area contributed by atoms with Crippen LogP contribution in [0.2, 0.25) is 0 Å². The van der Waals surface area contributed by atoms with E-state index in [0.717, 1.165) is 47.5 Å². The largest absolute Gasteiger partial charge is 0.305 e. The topological polar surface area (TPSA) is 53.4 Å². The van der Waals surface area contributed by atoms with E-state index in [2.05, 4.69) is 10.00 Å². The summed E-state index contributed by atoms with van der Waals surface area (Å²) in [6.07, 6.45) is 5.98. The number of hydrogen-bond acceptors (Lipinski definition) is 3.